The maximum absolute atomic E-state index is 14.4. The van der Waals surface area contributed by atoms with E-state index in [0.717, 1.165) is 11.3 Å². The van der Waals surface area contributed by atoms with Crippen LogP contribution in [0.15, 0.2) is 48.8 Å². The first-order valence-corrected chi connectivity index (χ1v) is 11.0. The summed E-state index contributed by atoms with van der Waals surface area (Å²) in [4.78, 5) is 17.3. The van der Waals surface area contributed by atoms with Crippen LogP contribution < -0.4 is 20.7 Å². The molecule has 1 aromatic carbocycles. The molecule has 3 aromatic rings. The van der Waals surface area contributed by atoms with Gasteiger partial charge in [-0.25, -0.2) is 4.39 Å². The van der Waals surface area contributed by atoms with Gasteiger partial charge in [-0.05, 0) is 24.6 Å². The molecule has 0 radical (unpaired) electrons. The minimum absolute atomic E-state index is 0.0537. The van der Waals surface area contributed by atoms with Crippen molar-refractivity contribution in [2.24, 2.45) is 0 Å². The third-order valence-corrected chi connectivity index (χ3v) is 6.03. The Balaban J connectivity index is 1.72. The van der Waals surface area contributed by atoms with Crippen molar-refractivity contribution in [3.8, 4) is 17.0 Å². The molecule has 0 spiro atoms. The molecule has 34 heavy (non-hydrogen) atoms. The lowest BCUT2D eigenvalue weighted by molar-refractivity contribution is 0.0910. The maximum Gasteiger partial charge on any atom is 0.271 e. The Bertz CT molecular complexity index is 1260. The number of nitrogens with zero attached hydrogens (tertiary/aromatic N) is 3. The number of allylic oxidation sites excluding steroid dienone is 1. The molecular weight excluding hydrogens is 439 g/mol. The summed E-state index contributed by atoms with van der Waals surface area (Å²) in [7, 11) is 3.07. The van der Waals surface area contributed by atoms with E-state index < -0.39 is 5.82 Å². The summed E-state index contributed by atoms with van der Waals surface area (Å²) >= 11 is 0. The van der Waals surface area contributed by atoms with Crippen molar-refractivity contribution in [1.29, 1.82) is 0 Å². The van der Waals surface area contributed by atoms with E-state index >= 15 is 0 Å². The number of carbonyl (C=O) groups is 1. The van der Waals surface area contributed by atoms with Crippen molar-refractivity contribution in [1.82, 2.24) is 20.1 Å². The van der Waals surface area contributed by atoms with Crippen LogP contribution in [0.25, 0.3) is 11.3 Å². The molecule has 0 saturated heterocycles. The molecular formula is C24H25FN6O3. The van der Waals surface area contributed by atoms with Crippen molar-refractivity contribution in [3.05, 3.63) is 60.3 Å². The Morgan fingerprint density at radius 1 is 1.21 bits per heavy atom. The van der Waals surface area contributed by atoms with Gasteiger partial charge in [-0.1, -0.05) is 18.2 Å². The molecule has 3 N–H and O–H groups in total. The predicted octanol–water partition coefficient (Wildman–Crippen LogP) is 3.51. The summed E-state index contributed by atoms with van der Waals surface area (Å²) in [6, 6.07) is 6.33. The summed E-state index contributed by atoms with van der Waals surface area (Å²) in [6.45, 7) is 0.973. The number of ether oxygens (including phenoxy) is 2. The summed E-state index contributed by atoms with van der Waals surface area (Å²) < 4.78 is 27.0. The SMILES string of the molecule is COc1c(F)cccc1Nc1c2nn3c1C(=O)NCC3C/C=C/C(OC)CNc1cnccc1-2. The summed E-state index contributed by atoms with van der Waals surface area (Å²) in [5.41, 5.74) is 3.26. The largest absolute Gasteiger partial charge is 0.492 e. The fourth-order valence-electron chi connectivity index (χ4n) is 4.31. The van der Waals surface area contributed by atoms with Crippen LogP contribution in [0, 0.1) is 5.82 Å². The van der Waals surface area contributed by atoms with Gasteiger partial charge in [-0.15, -0.1) is 0 Å². The minimum atomic E-state index is -0.509. The molecule has 0 fully saturated rings. The minimum Gasteiger partial charge on any atom is -0.492 e. The van der Waals surface area contributed by atoms with Gasteiger partial charge in [0.2, 0.25) is 0 Å². The molecule has 176 valence electrons. The third kappa shape index (κ3) is 3.86. The lowest BCUT2D eigenvalue weighted by Crippen LogP contribution is -2.39. The molecule has 2 aliphatic rings. The van der Waals surface area contributed by atoms with Crippen LogP contribution in [-0.2, 0) is 4.74 Å². The van der Waals surface area contributed by atoms with E-state index in [1.165, 1.54) is 13.2 Å². The van der Waals surface area contributed by atoms with E-state index in [4.69, 9.17) is 14.6 Å². The highest BCUT2D eigenvalue weighted by atomic mass is 19.1. The number of hydrogen-bond acceptors (Lipinski definition) is 7. The van der Waals surface area contributed by atoms with Gasteiger partial charge in [-0.3, -0.25) is 14.5 Å². The first kappa shape index (κ1) is 21.9. The van der Waals surface area contributed by atoms with Crippen molar-refractivity contribution < 1.29 is 18.7 Å². The topological polar surface area (TPSA) is 102 Å². The number of fused-ring (bicyclic) bond motifs is 3. The standard InChI is InChI=1S/C24H25FN6O3/c1-33-15-6-3-5-14-11-28-24(32)22-21(29-18-8-4-7-17(25)23(18)34-2)20(30-31(14)22)16-9-10-26-13-19(16)27-12-15/h3-4,6-10,13-15,27,29H,5,11-12H2,1-2H3,(H,28,32)/b6-3+. The van der Waals surface area contributed by atoms with Gasteiger partial charge in [0, 0.05) is 32.0 Å². The van der Waals surface area contributed by atoms with E-state index in [2.05, 4.69) is 20.9 Å². The lowest BCUT2D eigenvalue weighted by atomic mass is 10.1. The molecule has 1 amide bonds. The number of rotatable bonds is 4. The molecule has 2 bridgehead atoms. The Kier molecular flexibility index (Phi) is 5.89. The molecule has 4 heterocycles. The quantitative estimate of drug-likeness (QED) is 0.508. The van der Waals surface area contributed by atoms with Crippen LogP contribution in [0.2, 0.25) is 0 Å². The molecule has 0 saturated carbocycles. The molecule has 0 aliphatic carbocycles. The van der Waals surface area contributed by atoms with Gasteiger partial charge in [-0.2, -0.15) is 5.10 Å². The van der Waals surface area contributed by atoms with Crippen LogP contribution in [0.5, 0.6) is 5.75 Å². The maximum atomic E-state index is 14.4. The summed E-state index contributed by atoms with van der Waals surface area (Å²) in [5, 5.41) is 14.5. The number of carbonyl (C=O) groups excluding carboxylic acids is 1. The molecule has 9 nitrogen and oxygen atoms in total. The molecule has 10 heteroatoms. The molecule has 2 aromatic heterocycles. The van der Waals surface area contributed by atoms with Gasteiger partial charge < -0.3 is 25.4 Å². The second-order valence-corrected chi connectivity index (χ2v) is 8.07. The lowest BCUT2D eigenvalue weighted by Gasteiger charge is -2.25. The number of anilines is 3. The normalized spacial score (nSPS) is 20.1. The predicted molar refractivity (Wildman–Crippen MR) is 126 cm³/mol. The summed E-state index contributed by atoms with van der Waals surface area (Å²) in [5.74, 6) is -0.714. The number of methoxy groups -OCH3 is 2. The van der Waals surface area contributed by atoms with Gasteiger partial charge in [0.25, 0.3) is 5.91 Å². The zero-order chi connectivity index (χ0) is 23.7. The second kappa shape index (κ2) is 9.14. The Morgan fingerprint density at radius 2 is 2.09 bits per heavy atom. The van der Waals surface area contributed by atoms with Gasteiger partial charge in [0.15, 0.2) is 17.3 Å². The molecule has 5 rings (SSSR count). The monoisotopic (exact) mass is 464 g/mol. The first-order chi connectivity index (χ1) is 16.6. The van der Waals surface area contributed by atoms with Crippen molar-refractivity contribution in [2.75, 3.05) is 37.9 Å². The zero-order valence-corrected chi connectivity index (χ0v) is 18.8. The number of pyridine rings is 1. The highest BCUT2D eigenvalue weighted by Crippen LogP contribution is 2.41. The second-order valence-electron chi connectivity index (χ2n) is 8.07. The van der Waals surface area contributed by atoms with E-state index in [9.17, 15) is 9.18 Å². The molecule has 2 atom stereocenters. The van der Waals surface area contributed by atoms with Crippen LogP contribution >= 0.6 is 0 Å². The average Bonchev–Trinajstić information content (AvgIpc) is 3.22. The number of halogens is 1. The smallest absolute Gasteiger partial charge is 0.271 e. The van der Waals surface area contributed by atoms with Gasteiger partial charge in [0.05, 0.1) is 42.5 Å². The fourth-order valence-corrected chi connectivity index (χ4v) is 4.31. The van der Waals surface area contributed by atoms with Crippen molar-refractivity contribution >= 4 is 23.0 Å². The Hall–Kier alpha value is -3.92. The van der Waals surface area contributed by atoms with E-state index in [1.54, 1.807) is 36.3 Å². The summed E-state index contributed by atoms with van der Waals surface area (Å²) in [6.07, 6.45) is 7.93. The number of amides is 1. The van der Waals surface area contributed by atoms with Gasteiger partial charge in [0.1, 0.15) is 5.69 Å². The van der Waals surface area contributed by atoms with Crippen LogP contribution in [-0.4, -0.2) is 54.1 Å². The highest BCUT2D eigenvalue weighted by molar-refractivity contribution is 6.04. The number of para-hydroxylation sites is 1. The van der Waals surface area contributed by atoms with Crippen LogP contribution in [0.3, 0.4) is 0 Å². The van der Waals surface area contributed by atoms with Crippen LogP contribution in [0.4, 0.5) is 21.5 Å². The van der Waals surface area contributed by atoms with Crippen molar-refractivity contribution in [2.45, 2.75) is 18.6 Å². The third-order valence-electron chi connectivity index (χ3n) is 6.03. The number of hydrogen-bond donors (Lipinski definition) is 3. The average molecular weight is 465 g/mol. The molecule has 2 unspecified atom stereocenters. The molecule has 2 aliphatic heterocycles. The number of nitrogens with one attached hydrogen (secondary N) is 3. The Labute approximate surface area is 196 Å². The first-order valence-electron chi connectivity index (χ1n) is 11.0. The number of benzene rings is 1. The zero-order valence-electron chi connectivity index (χ0n) is 18.8. The fraction of sp³-hybridized carbons (Fsp3) is 0.292. The van der Waals surface area contributed by atoms with E-state index in [0.29, 0.717) is 42.3 Å². The van der Waals surface area contributed by atoms with E-state index in [1.807, 2.05) is 18.2 Å². The number of aromatic nitrogens is 3. The van der Waals surface area contributed by atoms with Crippen molar-refractivity contribution in [3.63, 3.8) is 0 Å². The Morgan fingerprint density at radius 3 is 2.91 bits per heavy atom. The van der Waals surface area contributed by atoms with Gasteiger partial charge >= 0.3 is 0 Å². The van der Waals surface area contributed by atoms with E-state index in [-0.39, 0.29) is 23.8 Å². The van der Waals surface area contributed by atoms with Crippen LogP contribution in [0.1, 0.15) is 23.0 Å². The highest BCUT2D eigenvalue weighted by Gasteiger charge is 2.33.